The maximum Gasteiger partial charge on any atom is 0.305 e. The van der Waals surface area contributed by atoms with Crippen LogP contribution < -0.4 is 20.3 Å². The molecule has 6 rings (SSSR count). The van der Waals surface area contributed by atoms with E-state index in [4.69, 9.17) is 24.3 Å². The van der Waals surface area contributed by atoms with Gasteiger partial charge in [-0.2, -0.15) is 0 Å². The van der Waals surface area contributed by atoms with Crippen LogP contribution in [0.4, 0.5) is 11.4 Å². The van der Waals surface area contributed by atoms with Crippen LogP contribution in [0.3, 0.4) is 0 Å². The third kappa shape index (κ3) is 9.92. The standard InChI is InChI=1S/C40H45N5O7/c46-37(47)17-21-50-22-23-51-24-25-52-31-11-6-10-29(26-31)39(48)43-35-15-14-30(45-19-4-1-5-20-45)27-33(35)38-41-18-16-36(42-38)40(49)44-34-13-7-9-28-8-2-3-12-32(28)34/h2-3,6,8,10-12,14-16,18,26-27,34H,1,4-5,7,9,13,17,19-25H2,(H,43,48)(H,44,49)(H,46,47)/t34-/m0/s1. The van der Waals surface area contributed by atoms with E-state index in [0.29, 0.717) is 48.2 Å². The number of hydrogen-bond donors (Lipinski definition) is 3. The molecule has 272 valence electrons. The number of piperidine rings is 1. The predicted octanol–water partition coefficient (Wildman–Crippen LogP) is 6.08. The smallest absolute Gasteiger partial charge is 0.305 e. The highest BCUT2D eigenvalue weighted by atomic mass is 16.5. The van der Waals surface area contributed by atoms with Crippen molar-refractivity contribution >= 4 is 29.2 Å². The molecule has 0 spiro atoms. The number of carbonyl (C=O) groups is 3. The summed E-state index contributed by atoms with van der Waals surface area (Å²) >= 11 is 0. The molecule has 52 heavy (non-hydrogen) atoms. The van der Waals surface area contributed by atoms with Gasteiger partial charge in [-0.25, -0.2) is 9.97 Å². The van der Waals surface area contributed by atoms with E-state index in [1.165, 1.54) is 12.0 Å². The van der Waals surface area contributed by atoms with Crippen LogP contribution in [0.25, 0.3) is 11.4 Å². The number of anilines is 2. The average Bonchev–Trinajstić information content (AvgIpc) is 3.18. The van der Waals surface area contributed by atoms with Gasteiger partial charge in [0.2, 0.25) is 0 Å². The summed E-state index contributed by atoms with van der Waals surface area (Å²) in [6.45, 7) is 3.19. The molecular weight excluding hydrogens is 662 g/mol. The maximum absolute atomic E-state index is 13.6. The Balaban J connectivity index is 1.14. The fourth-order valence-corrected chi connectivity index (χ4v) is 6.55. The number of benzene rings is 3. The molecule has 1 atom stereocenters. The Bertz CT molecular complexity index is 1840. The average molecular weight is 708 g/mol. The molecule has 2 amide bonds. The minimum atomic E-state index is -0.904. The predicted molar refractivity (Wildman–Crippen MR) is 197 cm³/mol. The summed E-state index contributed by atoms with van der Waals surface area (Å²) in [7, 11) is 0. The van der Waals surface area contributed by atoms with Crippen molar-refractivity contribution in [2.45, 2.75) is 51.0 Å². The molecule has 3 N–H and O–H groups in total. The highest BCUT2D eigenvalue weighted by Crippen LogP contribution is 2.33. The number of carboxylic acids is 1. The van der Waals surface area contributed by atoms with Gasteiger partial charge in [0.1, 0.15) is 18.1 Å². The van der Waals surface area contributed by atoms with Crippen LogP contribution in [0.1, 0.15) is 76.5 Å². The van der Waals surface area contributed by atoms with E-state index >= 15 is 0 Å². The van der Waals surface area contributed by atoms with Crippen LogP contribution in [0.15, 0.2) is 79.0 Å². The molecule has 2 aliphatic rings. The zero-order valence-electron chi connectivity index (χ0n) is 29.2. The molecule has 1 aromatic heterocycles. The van der Waals surface area contributed by atoms with Crippen LogP contribution >= 0.6 is 0 Å². The lowest BCUT2D eigenvalue weighted by atomic mass is 9.87. The first-order chi connectivity index (χ1) is 25.4. The lowest BCUT2D eigenvalue weighted by Crippen LogP contribution is -2.31. The molecule has 1 saturated heterocycles. The van der Waals surface area contributed by atoms with E-state index in [1.54, 1.807) is 36.5 Å². The van der Waals surface area contributed by atoms with Crippen LogP contribution in [-0.4, -0.2) is 79.0 Å². The zero-order chi connectivity index (χ0) is 36.1. The molecule has 0 radical (unpaired) electrons. The summed E-state index contributed by atoms with van der Waals surface area (Å²) in [5.74, 6) is -0.655. The van der Waals surface area contributed by atoms with Gasteiger partial charge in [-0.05, 0) is 92.1 Å². The van der Waals surface area contributed by atoms with E-state index in [1.807, 2.05) is 30.3 Å². The summed E-state index contributed by atoms with van der Waals surface area (Å²) in [4.78, 5) is 49.3. The molecular formula is C40H45N5O7. The van der Waals surface area contributed by atoms with Gasteiger partial charge in [0.25, 0.3) is 11.8 Å². The van der Waals surface area contributed by atoms with Gasteiger partial charge in [-0.3, -0.25) is 14.4 Å². The lowest BCUT2D eigenvalue weighted by molar-refractivity contribution is -0.138. The zero-order valence-corrected chi connectivity index (χ0v) is 29.2. The molecule has 12 heteroatoms. The van der Waals surface area contributed by atoms with Gasteiger partial charge >= 0.3 is 5.97 Å². The van der Waals surface area contributed by atoms with Crippen molar-refractivity contribution in [1.82, 2.24) is 15.3 Å². The number of fused-ring (bicyclic) bond motifs is 1. The Hall–Kier alpha value is -5.33. The SMILES string of the molecule is O=C(O)CCOCCOCCOc1cccc(C(=O)Nc2ccc(N3CCCCC3)cc2-c2nccc(C(=O)N[C@H]3CCCc4ccccc43)n2)c1. The number of rotatable bonds is 16. The topological polar surface area (TPSA) is 152 Å². The molecule has 4 aromatic rings. The number of carbonyl (C=O) groups excluding carboxylic acids is 2. The van der Waals surface area contributed by atoms with Crippen LogP contribution in [0, 0.1) is 0 Å². The Morgan fingerprint density at radius 1 is 0.827 bits per heavy atom. The molecule has 0 bridgehead atoms. The van der Waals surface area contributed by atoms with E-state index in [0.717, 1.165) is 56.4 Å². The van der Waals surface area contributed by atoms with Gasteiger partial charge in [-0.1, -0.05) is 30.3 Å². The van der Waals surface area contributed by atoms with E-state index in [-0.39, 0.29) is 43.2 Å². The van der Waals surface area contributed by atoms with Gasteiger partial charge in [0.05, 0.1) is 44.6 Å². The van der Waals surface area contributed by atoms with Gasteiger partial charge < -0.3 is 34.9 Å². The van der Waals surface area contributed by atoms with E-state index in [9.17, 15) is 14.4 Å². The Morgan fingerprint density at radius 3 is 2.48 bits per heavy atom. The summed E-state index contributed by atoms with van der Waals surface area (Å²) in [6, 6.07) is 22.5. The third-order valence-corrected chi connectivity index (χ3v) is 9.20. The number of amides is 2. The van der Waals surface area contributed by atoms with Crippen LogP contribution in [0.5, 0.6) is 5.75 Å². The Labute approximate surface area is 303 Å². The highest BCUT2D eigenvalue weighted by Gasteiger charge is 2.24. The number of ether oxygens (including phenoxy) is 3. The van der Waals surface area contributed by atoms with Crippen LogP contribution in [-0.2, 0) is 20.7 Å². The summed E-state index contributed by atoms with van der Waals surface area (Å²) in [5.41, 5.74) is 5.22. The van der Waals surface area contributed by atoms with Crippen LogP contribution in [0.2, 0.25) is 0 Å². The molecule has 1 aliphatic carbocycles. The second kappa shape index (κ2) is 18.2. The maximum atomic E-state index is 13.6. The number of carboxylic acid groups (broad SMARTS) is 1. The quantitative estimate of drug-likeness (QED) is 0.117. The molecule has 0 saturated carbocycles. The summed E-state index contributed by atoms with van der Waals surface area (Å²) in [6.07, 6.45) is 7.82. The van der Waals surface area contributed by atoms with Crippen molar-refractivity contribution in [1.29, 1.82) is 0 Å². The minimum absolute atomic E-state index is 0.0472. The monoisotopic (exact) mass is 707 g/mol. The largest absolute Gasteiger partial charge is 0.491 e. The lowest BCUT2D eigenvalue weighted by Gasteiger charge is -2.29. The first-order valence-corrected chi connectivity index (χ1v) is 18.0. The number of hydrogen-bond acceptors (Lipinski definition) is 9. The van der Waals surface area contributed by atoms with Gasteiger partial charge in [-0.15, -0.1) is 0 Å². The molecule has 2 heterocycles. The van der Waals surface area contributed by atoms with E-state index < -0.39 is 5.97 Å². The molecule has 1 aliphatic heterocycles. The first kappa shape index (κ1) is 36.5. The fourth-order valence-electron chi connectivity index (χ4n) is 6.55. The fraction of sp³-hybridized carbons (Fsp3) is 0.375. The number of aryl methyl sites for hydroxylation is 1. The molecule has 3 aromatic carbocycles. The van der Waals surface area contributed by atoms with E-state index in [2.05, 4.69) is 32.7 Å². The number of aromatic nitrogens is 2. The number of aliphatic carboxylic acids is 1. The number of nitrogens with one attached hydrogen (secondary N) is 2. The van der Waals surface area contributed by atoms with Gasteiger partial charge in [0.15, 0.2) is 5.82 Å². The second-order valence-electron chi connectivity index (χ2n) is 12.9. The van der Waals surface area contributed by atoms with Crippen molar-refractivity contribution in [3.05, 3.63) is 101 Å². The summed E-state index contributed by atoms with van der Waals surface area (Å²) < 4.78 is 16.5. The molecule has 1 fully saturated rings. The van der Waals surface area contributed by atoms with Crippen molar-refractivity contribution in [2.24, 2.45) is 0 Å². The van der Waals surface area contributed by atoms with Gasteiger partial charge in [0, 0.05) is 36.1 Å². The first-order valence-electron chi connectivity index (χ1n) is 18.0. The molecule has 12 nitrogen and oxygen atoms in total. The second-order valence-corrected chi connectivity index (χ2v) is 12.9. The normalized spacial score (nSPS) is 15.4. The third-order valence-electron chi connectivity index (χ3n) is 9.20. The van der Waals surface area contributed by atoms with Crippen molar-refractivity contribution in [2.75, 3.05) is 56.3 Å². The molecule has 0 unspecified atom stereocenters. The summed E-state index contributed by atoms with van der Waals surface area (Å²) in [5, 5.41) is 14.9. The Kier molecular flexibility index (Phi) is 12.8. The highest BCUT2D eigenvalue weighted by molar-refractivity contribution is 6.06. The van der Waals surface area contributed by atoms with Crippen molar-refractivity contribution in [3.8, 4) is 17.1 Å². The Morgan fingerprint density at radius 2 is 1.63 bits per heavy atom. The number of nitrogens with zero attached hydrogens (tertiary/aromatic N) is 3. The minimum Gasteiger partial charge on any atom is -0.491 e. The van der Waals surface area contributed by atoms with Crippen molar-refractivity contribution in [3.63, 3.8) is 0 Å². The van der Waals surface area contributed by atoms with Crippen molar-refractivity contribution < 1.29 is 33.7 Å².